The number of allylic oxidation sites excluding steroid dienone is 2. The number of fused-ring (bicyclic) bond motifs is 2. The maximum absolute atomic E-state index is 13.6. The molecule has 4 aliphatic rings. The molecule has 178 valence electrons. The number of H-pyrrole nitrogens is 2. The van der Waals surface area contributed by atoms with Gasteiger partial charge in [0.15, 0.2) is 11.5 Å². The Bertz CT molecular complexity index is 1490. The number of benzene rings is 1. The number of likely N-dealkylation sites (tertiary alicyclic amines) is 2. The predicted molar refractivity (Wildman–Crippen MR) is 126 cm³/mol. The number of nitrogens with zero attached hydrogens (tertiary/aromatic N) is 2. The average Bonchev–Trinajstić information content (AvgIpc) is 3.40. The highest BCUT2D eigenvalue weighted by Gasteiger charge is 2.68. The zero-order valence-corrected chi connectivity index (χ0v) is 19.2. The molecule has 3 N–H and O–H groups in total. The van der Waals surface area contributed by atoms with Gasteiger partial charge in [-0.1, -0.05) is 0 Å². The number of rotatable bonds is 3. The molecule has 2 aliphatic heterocycles. The quantitative estimate of drug-likeness (QED) is 0.542. The highest BCUT2D eigenvalue weighted by molar-refractivity contribution is 6.10. The minimum absolute atomic E-state index is 0.000719. The molecule has 7 rings (SSSR count). The molecular weight excluding hydrogens is 448 g/mol. The van der Waals surface area contributed by atoms with Crippen molar-refractivity contribution in [1.29, 1.82) is 0 Å². The van der Waals surface area contributed by atoms with Gasteiger partial charge < -0.3 is 29.6 Å². The number of amides is 2. The van der Waals surface area contributed by atoms with E-state index in [9.17, 15) is 19.5 Å². The number of phenols is 1. The molecule has 35 heavy (non-hydrogen) atoms. The molecule has 2 saturated heterocycles. The summed E-state index contributed by atoms with van der Waals surface area (Å²) in [7, 11) is 1.47. The number of aromatic nitrogens is 2. The molecule has 9 nitrogen and oxygen atoms in total. The third-order valence-corrected chi connectivity index (χ3v) is 8.09. The van der Waals surface area contributed by atoms with E-state index in [1.165, 1.54) is 7.11 Å². The fraction of sp³-hybridized carbons (Fsp3) is 0.346. The van der Waals surface area contributed by atoms with Crippen LogP contribution in [0.15, 0.2) is 36.0 Å². The lowest BCUT2D eigenvalue weighted by atomic mass is 9.85. The van der Waals surface area contributed by atoms with Crippen molar-refractivity contribution < 1.29 is 24.2 Å². The van der Waals surface area contributed by atoms with Crippen LogP contribution < -0.4 is 4.74 Å². The second kappa shape index (κ2) is 6.78. The monoisotopic (exact) mass is 472 g/mol. The van der Waals surface area contributed by atoms with Crippen LogP contribution in [0.3, 0.4) is 0 Å². The molecule has 2 aromatic heterocycles. The summed E-state index contributed by atoms with van der Waals surface area (Å²) in [5.74, 6) is 0.0281. The molecule has 9 heteroatoms. The van der Waals surface area contributed by atoms with E-state index >= 15 is 0 Å². The van der Waals surface area contributed by atoms with Crippen molar-refractivity contribution in [1.82, 2.24) is 19.8 Å². The first kappa shape index (κ1) is 20.4. The number of hydrogen-bond donors (Lipinski definition) is 3. The highest BCUT2D eigenvalue weighted by atomic mass is 16.5. The maximum Gasteiger partial charge on any atom is 0.274 e. The van der Waals surface area contributed by atoms with Crippen LogP contribution in [0, 0.1) is 5.92 Å². The van der Waals surface area contributed by atoms with Crippen LogP contribution in [0.25, 0.3) is 10.9 Å². The van der Waals surface area contributed by atoms with Crippen LogP contribution in [-0.4, -0.2) is 69.2 Å². The van der Waals surface area contributed by atoms with E-state index in [1.807, 2.05) is 11.0 Å². The Morgan fingerprint density at radius 2 is 1.86 bits per heavy atom. The van der Waals surface area contributed by atoms with E-state index < -0.39 is 5.41 Å². The summed E-state index contributed by atoms with van der Waals surface area (Å²) in [6, 6.07) is 6.75. The topological polar surface area (TPSA) is 119 Å². The summed E-state index contributed by atoms with van der Waals surface area (Å²) >= 11 is 0. The molecule has 1 saturated carbocycles. The predicted octanol–water partition coefficient (Wildman–Crippen LogP) is 2.94. The average molecular weight is 473 g/mol. The van der Waals surface area contributed by atoms with Crippen molar-refractivity contribution >= 4 is 28.5 Å². The number of hydrogen-bond acceptors (Lipinski definition) is 5. The third kappa shape index (κ3) is 2.66. The van der Waals surface area contributed by atoms with Crippen molar-refractivity contribution in [3.63, 3.8) is 0 Å². The lowest BCUT2D eigenvalue weighted by Gasteiger charge is -2.27. The SMILES string of the molecule is COc1cc2[nH]c(C(=O)N3C[C@@H]4C[C@]45C3=CC(=O)c3[nH]c(C(=O)N4CCCC4)cc35)cc2cc1O. The molecule has 1 spiro atoms. The summed E-state index contributed by atoms with van der Waals surface area (Å²) in [5.41, 5.74) is 3.13. The summed E-state index contributed by atoms with van der Waals surface area (Å²) in [4.78, 5) is 49.3. The summed E-state index contributed by atoms with van der Waals surface area (Å²) in [6.07, 6.45) is 4.42. The number of carbonyl (C=O) groups is 3. The molecule has 0 radical (unpaired) electrons. The number of phenolic OH excluding ortho intramolecular Hbond substituents is 1. The fourth-order valence-electron chi connectivity index (χ4n) is 6.27. The molecule has 2 aliphatic carbocycles. The van der Waals surface area contributed by atoms with Crippen LogP contribution >= 0.6 is 0 Å². The zero-order chi connectivity index (χ0) is 24.1. The number of aromatic hydroxyl groups is 1. The number of aromatic amines is 2. The molecule has 2 amide bonds. The number of ether oxygens (including phenoxy) is 1. The Morgan fingerprint density at radius 1 is 1.09 bits per heavy atom. The normalized spacial score (nSPS) is 24.3. The minimum Gasteiger partial charge on any atom is -0.504 e. The van der Waals surface area contributed by atoms with Gasteiger partial charge in [0, 0.05) is 53.8 Å². The highest BCUT2D eigenvalue weighted by Crippen LogP contribution is 2.66. The lowest BCUT2D eigenvalue weighted by Crippen LogP contribution is -2.33. The first-order valence-corrected chi connectivity index (χ1v) is 11.9. The number of methoxy groups -OCH3 is 1. The Kier molecular flexibility index (Phi) is 3.94. The minimum atomic E-state index is -0.396. The first-order chi connectivity index (χ1) is 16.9. The maximum atomic E-state index is 13.6. The molecule has 4 heterocycles. The van der Waals surface area contributed by atoms with E-state index in [2.05, 4.69) is 9.97 Å². The largest absolute Gasteiger partial charge is 0.504 e. The Balaban J connectivity index is 1.23. The molecule has 0 unspecified atom stereocenters. The van der Waals surface area contributed by atoms with Crippen molar-refractivity contribution in [3.05, 3.63) is 58.7 Å². The second-order valence-electron chi connectivity index (χ2n) is 9.95. The summed E-state index contributed by atoms with van der Waals surface area (Å²) in [5, 5.41) is 10.8. The van der Waals surface area contributed by atoms with Crippen LogP contribution in [0.4, 0.5) is 0 Å². The number of nitrogens with one attached hydrogen (secondary N) is 2. The molecule has 1 aromatic carbocycles. The molecule has 3 aromatic rings. The number of carbonyl (C=O) groups excluding carboxylic acids is 3. The smallest absolute Gasteiger partial charge is 0.274 e. The Labute approximate surface area is 200 Å². The summed E-state index contributed by atoms with van der Waals surface area (Å²) in [6.45, 7) is 2.00. The van der Waals surface area contributed by atoms with Gasteiger partial charge >= 0.3 is 0 Å². The van der Waals surface area contributed by atoms with E-state index in [0.29, 0.717) is 46.0 Å². The van der Waals surface area contributed by atoms with Gasteiger partial charge in [0.1, 0.15) is 11.4 Å². The van der Waals surface area contributed by atoms with E-state index in [-0.39, 0.29) is 29.3 Å². The van der Waals surface area contributed by atoms with Gasteiger partial charge in [0.25, 0.3) is 11.8 Å². The standard InChI is InChI=1S/C26H24N4O5/c1-35-21-9-16-13(7-19(21)31)6-17(27-16)25(34)30-12-14-11-26(14)15-8-18(24(33)29-4-2-3-5-29)28-23(15)20(32)10-22(26)30/h6-10,14,27-28,31H,2-5,11-12H2,1H3/t14-,26-/m0/s1. The van der Waals surface area contributed by atoms with E-state index in [1.54, 1.807) is 29.2 Å². The van der Waals surface area contributed by atoms with Gasteiger partial charge in [-0.05, 0) is 48.9 Å². The van der Waals surface area contributed by atoms with Gasteiger partial charge in [-0.3, -0.25) is 14.4 Å². The van der Waals surface area contributed by atoms with E-state index in [0.717, 1.165) is 37.9 Å². The van der Waals surface area contributed by atoms with Crippen molar-refractivity contribution in [2.45, 2.75) is 24.7 Å². The van der Waals surface area contributed by atoms with Gasteiger partial charge in [-0.15, -0.1) is 0 Å². The number of ketones is 1. The first-order valence-electron chi connectivity index (χ1n) is 11.9. The van der Waals surface area contributed by atoms with Crippen LogP contribution in [0.5, 0.6) is 11.5 Å². The number of piperidine rings is 1. The van der Waals surface area contributed by atoms with Crippen molar-refractivity contribution in [2.24, 2.45) is 5.92 Å². The van der Waals surface area contributed by atoms with Crippen LogP contribution in [0.1, 0.15) is 56.3 Å². The molecule has 0 bridgehead atoms. The molecule has 2 atom stereocenters. The van der Waals surface area contributed by atoms with Gasteiger partial charge in [0.05, 0.1) is 12.8 Å². The Hall–Kier alpha value is -4.01. The zero-order valence-electron chi connectivity index (χ0n) is 19.2. The second-order valence-corrected chi connectivity index (χ2v) is 9.95. The molecule has 3 fully saturated rings. The van der Waals surface area contributed by atoms with Gasteiger partial charge in [-0.2, -0.15) is 0 Å². The van der Waals surface area contributed by atoms with E-state index in [4.69, 9.17) is 4.74 Å². The van der Waals surface area contributed by atoms with Crippen LogP contribution in [0.2, 0.25) is 0 Å². The van der Waals surface area contributed by atoms with Gasteiger partial charge in [-0.25, -0.2) is 0 Å². The Morgan fingerprint density at radius 3 is 2.63 bits per heavy atom. The van der Waals surface area contributed by atoms with Gasteiger partial charge in [0.2, 0.25) is 5.78 Å². The van der Waals surface area contributed by atoms with Crippen LogP contribution in [-0.2, 0) is 5.41 Å². The van der Waals surface area contributed by atoms with Crippen molar-refractivity contribution in [2.75, 3.05) is 26.7 Å². The van der Waals surface area contributed by atoms with Crippen molar-refractivity contribution in [3.8, 4) is 11.5 Å². The lowest BCUT2D eigenvalue weighted by molar-refractivity contribution is 0.0785. The third-order valence-electron chi connectivity index (χ3n) is 8.09. The summed E-state index contributed by atoms with van der Waals surface area (Å²) < 4.78 is 5.17. The fourth-order valence-corrected chi connectivity index (χ4v) is 6.27. The molecular formula is C26H24N4O5.